The molecule has 3 rings (SSSR count). The number of rotatable bonds is 3. The van der Waals surface area contributed by atoms with E-state index in [0.29, 0.717) is 0 Å². The number of aryl methyl sites for hydroxylation is 3. The minimum Gasteiger partial charge on any atom is -0.307 e. The van der Waals surface area contributed by atoms with E-state index in [-0.39, 0.29) is 6.04 Å². The Labute approximate surface area is 116 Å². The molecule has 2 nitrogen and oxygen atoms in total. The van der Waals surface area contributed by atoms with Crippen LogP contribution in [0, 0.1) is 6.92 Å². The van der Waals surface area contributed by atoms with E-state index in [1.807, 2.05) is 29.7 Å². The lowest BCUT2D eigenvalue weighted by Gasteiger charge is -2.12. The summed E-state index contributed by atoms with van der Waals surface area (Å²) in [6.45, 7) is 2.18. The number of nitrogens with one attached hydrogen (secondary N) is 1. The third kappa shape index (κ3) is 2.13. The van der Waals surface area contributed by atoms with Crippen molar-refractivity contribution in [1.29, 1.82) is 0 Å². The first-order valence-corrected chi connectivity index (χ1v) is 8.19. The Kier molecular flexibility index (Phi) is 3.50. The van der Waals surface area contributed by atoms with Crippen LogP contribution in [0.1, 0.15) is 44.9 Å². The largest absolute Gasteiger partial charge is 0.307 e. The van der Waals surface area contributed by atoms with Gasteiger partial charge in [-0.3, -0.25) is 0 Å². The minimum absolute atomic E-state index is 0.278. The van der Waals surface area contributed by atoms with Crippen LogP contribution in [0.15, 0.2) is 11.4 Å². The van der Waals surface area contributed by atoms with Gasteiger partial charge in [0.15, 0.2) is 0 Å². The van der Waals surface area contributed by atoms with E-state index in [1.54, 1.807) is 0 Å². The molecule has 0 saturated carbocycles. The summed E-state index contributed by atoms with van der Waals surface area (Å²) in [5.74, 6) is 0. The molecule has 0 aromatic carbocycles. The Morgan fingerprint density at radius 1 is 1.33 bits per heavy atom. The van der Waals surface area contributed by atoms with Crippen LogP contribution < -0.4 is 5.32 Å². The monoisotopic (exact) mass is 278 g/mol. The molecule has 1 N–H and O–H groups in total. The van der Waals surface area contributed by atoms with Crippen LogP contribution in [0.3, 0.4) is 0 Å². The molecule has 0 aliphatic heterocycles. The molecule has 0 spiro atoms. The molecular formula is C14H18N2S2. The molecule has 1 atom stereocenters. The fourth-order valence-corrected chi connectivity index (χ4v) is 4.93. The summed E-state index contributed by atoms with van der Waals surface area (Å²) < 4.78 is 0. The number of aromatic nitrogens is 1. The summed E-state index contributed by atoms with van der Waals surface area (Å²) >= 11 is 3.74. The summed E-state index contributed by atoms with van der Waals surface area (Å²) in [4.78, 5) is 7.81. The predicted octanol–water partition coefficient (Wildman–Crippen LogP) is 3.70. The van der Waals surface area contributed by atoms with Crippen LogP contribution >= 0.6 is 22.7 Å². The highest BCUT2D eigenvalue weighted by Crippen LogP contribution is 2.35. The maximum absolute atomic E-state index is 4.88. The summed E-state index contributed by atoms with van der Waals surface area (Å²) in [5, 5.41) is 6.84. The molecule has 0 fully saturated rings. The highest BCUT2D eigenvalue weighted by molar-refractivity contribution is 7.12. The second-order valence-corrected chi connectivity index (χ2v) is 6.88. The maximum atomic E-state index is 4.88. The van der Waals surface area contributed by atoms with Crippen molar-refractivity contribution in [2.75, 3.05) is 7.05 Å². The molecule has 2 aromatic rings. The highest BCUT2D eigenvalue weighted by atomic mass is 32.1. The van der Waals surface area contributed by atoms with Gasteiger partial charge in [0.25, 0.3) is 0 Å². The molecule has 18 heavy (non-hydrogen) atoms. The zero-order valence-corrected chi connectivity index (χ0v) is 12.5. The first-order valence-electron chi connectivity index (χ1n) is 6.49. The Balaban J connectivity index is 1.97. The third-order valence-corrected chi connectivity index (χ3v) is 5.87. The Morgan fingerprint density at radius 3 is 2.83 bits per heavy atom. The van der Waals surface area contributed by atoms with Gasteiger partial charge in [-0.15, -0.1) is 22.7 Å². The Bertz CT molecular complexity index is 518. The van der Waals surface area contributed by atoms with Crippen molar-refractivity contribution in [2.45, 2.75) is 38.6 Å². The summed E-state index contributed by atoms with van der Waals surface area (Å²) in [6, 6.07) is 2.47. The molecular weight excluding hydrogens is 260 g/mol. The van der Waals surface area contributed by atoms with E-state index in [0.717, 1.165) is 0 Å². The molecule has 0 amide bonds. The third-order valence-electron chi connectivity index (χ3n) is 3.56. The summed E-state index contributed by atoms with van der Waals surface area (Å²) in [5.41, 5.74) is 2.73. The molecule has 0 radical (unpaired) electrons. The molecule has 1 aliphatic carbocycles. The molecule has 96 valence electrons. The van der Waals surface area contributed by atoms with Gasteiger partial charge < -0.3 is 5.32 Å². The SMILES string of the molecule is CNC(c1nc2c(s1)CCCC2)c1sccc1C. The van der Waals surface area contributed by atoms with Crippen LogP contribution in [-0.4, -0.2) is 12.0 Å². The molecule has 4 heteroatoms. The average molecular weight is 278 g/mol. The van der Waals surface area contributed by atoms with E-state index in [2.05, 4.69) is 23.7 Å². The summed E-state index contributed by atoms with van der Waals surface area (Å²) in [7, 11) is 2.03. The van der Waals surface area contributed by atoms with Crippen LogP contribution in [0.5, 0.6) is 0 Å². The van der Waals surface area contributed by atoms with Crippen LogP contribution in [-0.2, 0) is 12.8 Å². The Hall–Kier alpha value is -0.710. The van der Waals surface area contributed by atoms with Crippen LogP contribution in [0.4, 0.5) is 0 Å². The highest BCUT2D eigenvalue weighted by Gasteiger charge is 2.22. The van der Waals surface area contributed by atoms with Crippen molar-refractivity contribution in [3.63, 3.8) is 0 Å². The van der Waals surface area contributed by atoms with Gasteiger partial charge in [0.2, 0.25) is 0 Å². The number of hydrogen-bond donors (Lipinski definition) is 1. The van der Waals surface area contributed by atoms with E-state index < -0.39 is 0 Å². The van der Waals surface area contributed by atoms with Gasteiger partial charge in [0.05, 0.1) is 11.7 Å². The van der Waals surface area contributed by atoms with Gasteiger partial charge in [-0.1, -0.05) is 0 Å². The lowest BCUT2D eigenvalue weighted by molar-refractivity contribution is 0.664. The Morgan fingerprint density at radius 2 is 2.17 bits per heavy atom. The number of nitrogens with zero attached hydrogens (tertiary/aromatic N) is 1. The number of fused-ring (bicyclic) bond motifs is 1. The van der Waals surface area contributed by atoms with Crippen molar-refractivity contribution in [1.82, 2.24) is 10.3 Å². The van der Waals surface area contributed by atoms with Gasteiger partial charge >= 0.3 is 0 Å². The van der Waals surface area contributed by atoms with Crippen molar-refractivity contribution in [3.05, 3.63) is 37.5 Å². The maximum Gasteiger partial charge on any atom is 0.115 e. The van der Waals surface area contributed by atoms with Crippen LogP contribution in [0.2, 0.25) is 0 Å². The van der Waals surface area contributed by atoms with Gasteiger partial charge in [0, 0.05) is 9.75 Å². The van der Waals surface area contributed by atoms with E-state index in [9.17, 15) is 0 Å². The van der Waals surface area contributed by atoms with E-state index in [1.165, 1.54) is 51.7 Å². The molecule has 1 unspecified atom stereocenters. The number of hydrogen-bond acceptors (Lipinski definition) is 4. The smallest absolute Gasteiger partial charge is 0.115 e. The first kappa shape index (κ1) is 12.3. The minimum atomic E-state index is 0.278. The van der Waals surface area contributed by atoms with Crippen molar-refractivity contribution in [3.8, 4) is 0 Å². The standard InChI is InChI=1S/C14H18N2S2/c1-9-7-8-17-13(9)12(15-2)14-16-10-5-3-4-6-11(10)18-14/h7-8,12,15H,3-6H2,1-2H3. The van der Waals surface area contributed by atoms with Crippen LogP contribution in [0.25, 0.3) is 0 Å². The van der Waals surface area contributed by atoms with Gasteiger partial charge in [0.1, 0.15) is 5.01 Å². The molecule has 1 aliphatic rings. The van der Waals surface area contributed by atoms with Crippen molar-refractivity contribution >= 4 is 22.7 Å². The first-order chi connectivity index (χ1) is 8.79. The second kappa shape index (κ2) is 5.11. The normalized spacial score (nSPS) is 16.6. The topological polar surface area (TPSA) is 24.9 Å². The average Bonchev–Trinajstić information content (AvgIpc) is 2.97. The van der Waals surface area contributed by atoms with Gasteiger partial charge in [-0.2, -0.15) is 0 Å². The van der Waals surface area contributed by atoms with E-state index in [4.69, 9.17) is 4.98 Å². The second-order valence-electron chi connectivity index (χ2n) is 4.82. The molecule has 0 saturated heterocycles. The van der Waals surface area contributed by atoms with E-state index >= 15 is 0 Å². The number of thiazole rings is 1. The van der Waals surface area contributed by atoms with Crippen molar-refractivity contribution < 1.29 is 0 Å². The quantitative estimate of drug-likeness (QED) is 0.926. The predicted molar refractivity (Wildman–Crippen MR) is 78.7 cm³/mol. The fourth-order valence-electron chi connectivity index (χ4n) is 2.54. The molecule has 2 heterocycles. The summed E-state index contributed by atoms with van der Waals surface area (Å²) in [6.07, 6.45) is 5.04. The molecule has 2 aromatic heterocycles. The number of thiophene rings is 1. The zero-order valence-electron chi connectivity index (χ0n) is 10.8. The van der Waals surface area contributed by atoms with Gasteiger partial charge in [-0.05, 0) is 56.7 Å². The van der Waals surface area contributed by atoms with Gasteiger partial charge in [-0.25, -0.2) is 4.98 Å². The zero-order chi connectivity index (χ0) is 12.5. The van der Waals surface area contributed by atoms with Crippen molar-refractivity contribution in [2.24, 2.45) is 0 Å². The lowest BCUT2D eigenvalue weighted by atomic mass is 10.0. The molecule has 0 bridgehead atoms. The lowest BCUT2D eigenvalue weighted by Crippen LogP contribution is -2.17. The fraction of sp³-hybridized carbons (Fsp3) is 0.500.